The summed E-state index contributed by atoms with van der Waals surface area (Å²) in [6.45, 7) is -0.240. The summed E-state index contributed by atoms with van der Waals surface area (Å²) in [5.41, 5.74) is 7.17. The Balaban J connectivity index is 1.81. The summed E-state index contributed by atoms with van der Waals surface area (Å²) < 4.78 is 49.6. The fourth-order valence-electron chi connectivity index (χ4n) is 3.72. The van der Waals surface area contributed by atoms with E-state index >= 15 is 4.39 Å². The van der Waals surface area contributed by atoms with Gasteiger partial charge in [0.2, 0.25) is 0 Å². The van der Waals surface area contributed by atoms with Gasteiger partial charge in [-0.3, -0.25) is 9.79 Å². The van der Waals surface area contributed by atoms with Gasteiger partial charge in [-0.2, -0.15) is 8.42 Å². The molecule has 3 aromatic rings. The number of allylic oxidation sites excluding steroid dienone is 1. The van der Waals surface area contributed by atoms with Crippen LogP contribution in [0.25, 0.3) is 16.3 Å². The van der Waals surface area contributed by atoms with Crippen LogP contribution in [-0.2, 0) is 26.4 Å². The summed E-state index contributed by atoms with van der Waals surface area (Å²) in [6, 6.07) is 15.5. The van der Waals surface area contributed by atoms with Gasteiger partial charge in [-0.25, -0.2) is 13.4 Å². The molecule has 0 radical (unpaired) electrons. The minimum atomic E-state index is -4.30. The minimum absolute atomic E-state index is 0.0262. The first kappa shape index (κ1) is 24.9. The zero-order chi connectivity index (χ0) is 25.7. The standard InChI is InChI=1S/C25H23FN4O5S/c26-24-21-11-18(20(13-27)14-28-9-4-10-31)7-8-19(21)12-22(35-16-17-5-2-1-3-6-17)25(24)30-15-23(32)29-36(30,33)34/h1-3,5-8,10-14H,4,9,15-16,27H2,(H,29,32)/b20-13+,28-14?. The van der Waals surface area contributed by atoms with Crippen molar-refractivity contribution in [3.05, 3.63) is 77.7 Å². The van der Waals surface area contributed by atoms with E-state index in [2.05, 4.69) is 4.99 Å². The molecular weight excluding hydrogens is 487 g/mol. The number of nitrogens with one attached hydrogen (secondary N) is 1. The molecule has 3 aromatic carbocycles. The lowest BCUT2D eigenvalue weighted by Gasteiger charge is -2.21. The number of aldehydes is 1. The second-order valence-corrected chi connectivity index (χ2v) is 9.49. The first-order valence-electron chi connectivity index (χ1n) is 11.0. The molecule has 36 heavy (non-hydrogen) atoms. The number of benzene rings is 3. The summed E-state index contributed by atoms with van der Waals surface area (Å²) in [5, 5.41) is 0.554. The van der Waals surface area contributed by atoms with Crippen LogP contribution in [0.2, 0.25) is 0 Å². The Morgan fingerprint density at radius 1 is 1.19 bits per heavy atom. The highest BCUT2D eigenvalue weighted by molar-refractivity contribution is 7.92. The normalized spacial score (nSPS) is 15.4. The lowest BCUT2D eigenvalue weighted by atomic mass is 10.0. The Morgan fingerprint density at radius 3 is 2.64 bits per heavy atom. The summed E-state index contributed by atoms with van der Waals surface area (Å²) in [5.74, 6) is -1.68. The van der Waals surface area contributed by atoms with Gasteiger partial charge in [0.15, 0.2) is 5.82 Å². The van der Waals surface area contributed by atoms with Crippen LogP contribution in [0.5, 0.6) is 5.75 Å². The summed E-state index contributed by atoms with van der Waals surface area (Å²) in [6.07, 6.45) is 3.79. The van der Waals surface area contributed by atoms with Crippen molar-refractivity contribution >= 4 is 50.7 Å². The number of fused-ring (bicyclic) bond motifs is 1. The number of anilines is 1. The third kappa shape index (κ3) is 5.20. The molecule has 0 unspecified atom stereocenters. The number of hydrogen-bond donors (Lipinski definition) is 2. The summed E-state index contributed by atoms with van der Waals surface area (Å²) in [4.78, 5) is 26.5. The maximum absolute atomic E-state index is 16.0. The number of carbonyl (C=O) groups excluding carboxylic acids is 2. The Morgan fingerprint density at radius 2 is 1.97 bits per heavy atom. The molecule has 0 spiro atoms. The number of carbonyl (C=O) groups is 2. The van der Waals surface area contributed by atoms with E-state index in [0.29, 0.717) is 20.8 Å². The van der Waals surface area contributed by atoms with Crippen LogP contribution in [0, 0.1) is 5.82 Å². The molecule has 11 heteroatoms. The predicted octanol–water partition coefficient (Wildman–Crippen LogP) is 2.70. The fourth-order valence-corrected chi connectivity index (χ4v) is 4.88. The van der Waals surface area contributed by atoms with E-state index in [1.54, 1.807) is 12.1 Å². The SMILES string of the molecule is N/C=C(\C=NCCC=O)c1ccc2cc(OCc3ccccc3)c(N3CC(=O)NS3(=O)=O)c(F)c2c1. The molecule has 3 N–H and O–H groups in total. The van der Waals surface area contributed by atoms with Crippen molar-refractivity contribution in [3.8, 4) is 5.75 Å². The summed E-state index contributed by atoms with van der Waals surface area (Å²) in [7, 11) is -4.30. The number of hydrogen-bond acceptors (Lipinski definition) is 7. The molecule has 1 heterocycles. The number of halogens is 1. The highest BCUT2D eigenvalue weighted by Crippen LogP contribution is 2.40. The summed E-state index contributed by atoms with van der Waals surface area (Å²) >= 11 is 0. The first-order valence-corrected chi connectivity index (χ1v) is 12.4. The fraction of sp³-hybridized carbons (Fsp3) is 0.160. The van der Waals surface area contributed by atoms with E-state index in [-0.39, 0.29) is 36.4 Å². The maximum Gasteiger partial charge on any atom is 0.326 e. The largest absolute Gasteiger partial charge is 0.487 e. The van der Waals surface area contributed by atoms with Gasteiger partial charge >= 0.3 is 10.2 Å². The van der Waals surface area contributed by atoms with Crippen molar-refractivity contribution in [2.24, 2.45) is 10.7 Å². The zero-order valence-electron chi connectivity index (χ0n) is 19.1. The quantitative estimate of drug-likeness (QED) is 0.259. The molecule has 0 atom stereocenters. The molecule has 0 saturated carbocycles. The number of nitrogens with zero attached hydrogens (tertiary/aromatic N) is 2. The van der Waals surface area contributed by atoms with E-state index in [1.807, 2.05) is 35.1 Å². The van der Waals surface area contributed by atoms with Gasteiger partial charge in [0, 0.05) is 36.3 Å². The van der Waals surface area contributed by atoms with E-state index in [1.165, 1.54) is 24.5 Å². The third-order valence-electron chi connectivity index (χ3n) is 5.44. The van der Waals surface area contributed by atoms with Crippen LogP contribution in [0.15, 0.2) is 65.8 Å². The van der Waals surface area contributed by atoms with Gasteiger partial charge in [-0.1, -0.05) is 42.5 Å². The molecule has 0 bridgehead atoms. The Kier molecular flexibility index (Phi) is 7.30. The van der Waals surface area contributed by atoms with Gasteiger partial charge < -0.3 is 15.3 Å². The number of amides is 1. The smallest absolute Gasteiger partial charge is 0.326 e. The van der Waals surface area contributed by atoms with Crippen LogP contribution in [0.4, 0.5) is 10.1 Å². The predicted molar refractivity (Wildman–Crippen MR) is 135 cm³/mol. The Bertz CT molecular complexity index is 1470. The van der Waals surface area contributed by atoms with Crippen molar-refractivity contribution in [3.63, 3.8) is 0 Å². The maximum atomic E-state index is 16.0. The molecular formula is C25H23FN4O5S. The highest BCUT2D eigenvalue weighted by atomic mass is 32.2. The molecule has 0 aliphatic carbocycles. The lowest BCUT2D eigenvalue weighted by Crippen LogP contribution is -2.30. The third-order valence-corrected chi connectivity index (χ3v) is 6.82. The lowest BCUT2D eigenvalue weighted by molar-refractivity contribution is -0.117. The van der Waals surface area contributed by atoms with E-state index in [4.69, 9.17) is 10.5 Å². The first-order chi connectivity index (χ1) is 17.3. The number of nitrogens with two attached hydrogens (primary N) is 1. The molecule has 1 amide bonds. The van der Waals surface area contributed by atoms with Crippen LogP contribution in [0.1, 0.15) is 17.5 Å². The minimum Gasteiger partial charge on any atom is -0.487 e. The molecule has 1 aliphatic heterocycles. The van der Waals surface area contributed by atoms with Crippen molar-refractivity contribution in [1.29, 1.82) is 0 Å². The average Bonchev–Trinajstić information content (AvgIpc) is 3.14. The van der Waals surface area contributed by atoms with Crippen molar-refractivity contribution < 1.29 is 27.1 Å². The highest BCUT2D eigenvalue weighted by Gasteiger charge is 2.38. The van der Waals surface area contributed by atoms with Gasteiger partial charge in [0.1, 0.15) is 30.9 Å². The average molecular weight is 511 g/mol. The second kappa shape index (κ2) is 10.6. The molecule has 1 fully saturated rings. The molecule has 4 rings (SSSR count). The van der Waals surface area contributed by atoms with Crippen LogP contribution in [0.3, 0.4) is 0 Å². The van der Waals surface area contributed by atoms with Crippen molar-refractivity contribution in [2.75, 3.05) is 17.4 Å². The number of aliphatic imine (C=N–C) groups is 1. The number of rotatable bonds is 9. The monoisotopic (exact) mass is 510 g/mol. The topological polar surface area (TPSA) is 131 Å². The van der Waals surface area contributed by atoms with E-state index < -0.39 is 28.5 Å². The van der Waals surface area contributed by atoms with Gasteiger partial charge in [-0.15, -0.1) is 0 Å². The number of ether oxygens (including phenoxy) is 1. The van der Waals surface area contributed by atoms with Crippen LogP contribution in [-0.4, -0.2) is 39.9 Å². The zero-order valence-corrected chi connectivity index (χ0v) is 19.9. The van der Waals surface area contributed by atoms with Crippen molar-refractivity contribution in [2.45, 2.75) is 13.0 Å². The molecule has 0 aromatic heterocycles. The van der Waals surface area contributed by atoms with Gasteiger partial charge in [0.05, 0.1) is 0 Å². The van der Waals surface area contributed by atoms with Gasteiger partial charge in [-0.05, 0) is 28.6 Å². The molecule has 186 valence electrons. The molecule has 9 nitrogen and oxygen atoms in total. The van der Waals surface area contributed by atoms with Crippen molar-refractivity contribution in [1.82, 2.24) is 4.72 Å². The van der Waals surface area contributed by atoms with E-state index in [9.17, 15) is 18.0 Å². The van der Waals surface area contributed by atoms with E-state index in [0.717, 1.165) is 11.8 Å². The Hall–Kier alpha value is -4.25. The Labute approximate surface area is 207 Å². The van der Waals surface area contributed by atoms with Gasteiger partial charge in [0.25, 0.3) is 5.91 Å². The molecule has 1 aliphatic rings. The van der Waals surface area contributed by atoms with Crippen LogP contribution >= 0.6 is 0 Å². The molecule has 1 saturated heterocycles. The second-order valence-electron chi connectivity index (χ2n) is 7.90. The van der Waals surface area contributed by atoms with Crippen LogP contribution < -0.4 is 19.5 Å².